The third-order valence-corrected chi connectivity index (χ3v) is 6.75. The summed E-state index contributed by atoms with van der Waals surface area (Å²) in [5.74, 6) is 0.645. The third kappa shape index (κ3) is 4.70. The molecule has 1 atom stereocenters. The van der Waals surface area contributed by atoms with E-state index in [0.717, 1.165) is 33.2 Å². The molecule has 2 aromatic heterocycles. The van der Waals surface area contributed by atoms with Gasteiger partial charge in [0.15, 0.2) is 5.82 Å². The number of aromatic nitrogens is 5. The molecule has 0 radical (unpaired) electrons. The maximum Gasteiger partial charge on any atom is 0.253 e. The number of benzene rings is 3. The van der Waals surface area contributed by atoms with Gasteiger partial charge >= 0.3 is 0 Å². The second-order valence-electron chi connectivity index (χ2n) is 9.17. The van der Waals surface area contributed by atoms with E-state index in [0.29, 0.717) is 31.0 Å². The maximum atomic E-state index is 13.6. The molecule has 7 nitrogen and oxygen atoms in total. The van der Waals surface area contributed by atoms with Crippen molar-refractivity contribution < 1.29 is 0 Å². The summed E-state index contributed by atoms with van der Waals surface area (Å²) in [6.07, 6.45) is 0. The lowest BCUT2D eigenvalue weighted by molar-refractivity contribution is 0.214. The summed E-state index contributed by atoms with van der Waals surface area (Å²) in [4.78, 5) is 19.0. The van der Waals surface area contributed by atoms with Crippen molar-refractivity contribution >= 4 is 10.9 Å². The van der Waals surface area contributed by atoms with E-state index in [-0.39, 0.29) is 5.56 Å². The zero-order chi connectivity index (χ0) is 25.1. The number of tetrazole rings is 1. The molecule has 5 rings (SSSR count). The fourth-order valence-electron chi connectivity index (χ4n) is 4.77. The first-order valence-corrected chi connectivity index (χ1v) is 12.3. The fourth-order valence-corrected chi connectivity index (χ4v) is 4.77. The van der Waals surface area contributed by atoms with Gasteiger partial charge < -0.3 is 4.98 Å². The Kier molecular flexibility index (Phi) is 6.73. The number of rotatable bonds is 8. The molecule has 5 aromatic rings. The van der Waals surface area contributed by atoms with Gasteiger partial charge in [0.2, 0.25) is 0 Å². The van der Waals surface area contributed by atoms with E-state index in [1.165, 1.54) is 0 Å². The summed E-state index contributed by atoms with van der Waals surface area (Å²) in [6.45, 7) is 8.08. The lowest BCUT2D eigenvalue weighted by Crippen LogP contribution is -2.35. The lowest BCUT2D eigenvalue weighted by atomic mass is 9.99. The molecule has 182 valence electrons. The molecule has 0 bridgehead atoms. The first-order chi connectivity index (χ1) is 17.5. The van der Waals surface area contributed by atoms with Gasteiger partial charge in [0.1, 0.15) is 6.04 Å². The van der Waals surface area contributed by atoms with Crippen molar-refractivity contribution in [1.82, 2.24) is 30.1 Å². The van der Waals surface area contributed by atoms with Crippen molar-refractivity contribution in [3.63, 3.8) is 0 Å². The molecule has 0 saturated carbocycles. The van der Waals surface area contributed by atoms with Gasteiger partial charge in [0.05, 0.1) is 12.1 Å². The van der Waals surface area contributed by atoms with Crippen molar-refractivity contribution in [3.8, 4) is 0 Å². The van der Waals surface area contributed by atoms with Crippen LogP contribution >= 0.6 is 0 Å². The van der Waals surface area contributed by atoms with Gasteiger partial charge in [-0.2, -0.15) is 0 Å². The van der Waals surface area contributed by atoms with Crippen LogP contribution in [0.1, 0.15) is 46.6 Å². The minimum Gasteiger partial charge on any atom is -0.321 e. The molecular formula is C29H30N6O. The van der Waals surface area contributed by atoms with Crippen LogP contribution in [-0.2, 0) is 13.1 Å². The zero-order valence-electron chi connectivity index (χ0n) is 20.8. The van der Waals surface area contributed by atoms with E-state index in [4.69, 9.17) is 0 Å². The number of H-pyrrole nitrogens is 1. The van der Waals surface area contributed by atoms with E-state index in [1.807, 2.05) is 55.5 Å². The predicted octanol–water partition coefficient (Wildman–Crippen LogP) is 4.79. The molecule has 0 aliphatic heterocycles. The van der Waals surface area contributed by atoms with E-state index < -0.39 is 6.04 Å². The van der Waals surface area contributed by atoms with Gasteiger partial charge in [-0.1, -0.05) is 79.7 Å². The second-order valence-corrected chi connectivity index (χ2v) is 9.17. The SMILES string of the molecule is CCN(Cc1ccccc1)[C@H](c1cc2c(C)ccc(C)c2[nH]c1=O)c1nnnn1Cc1ccccc1. The van der Waals surface area contributed by atoms with Gasteiger partial charge in [0, 0.05) is 17.5 Å². The Balaban J connectivity index is 1.67. The first kappa shape index (κ1) is 23.6. The molecule has 3 aromatic carbocycles. The minimum absolute atomic E-state index is 0.123. The smallest absolute Gasteiger partial charge is 0.253 e. The van der Waals surface area contributed by atoms with E-state index in [2.05, 4.69) is 69.6 Å². The average Bonchev–Trinajstić information content (AvgIpc) is 3.35. The summed E-state index contributed by atoms with van der Waals surface area (Å²) in [5.41, 5.74) is 5.80. The van der Waals surface area contributed by atoms with Gasteiger partial charge in [-0.25, -0.2) is 4.68 Å². The molecule has 0 aliphatic rings. The number of hydrogen-bond acceptors (Lipinski definition) is 5. The number of hydrogen-bond donors (Lipinski definition) is 1. The first-order valence-electron chi connectivity index (χ1n) is 12.3. The molecule has 7 heteroatoms. The zero-order valence-corrected chi connectivity index (χ0v) is 20.8. The molecule has 0 unspecified atom stereocenters. The largest absolute Gasteiger partial charge is 0.321 e. The average molecular weight is 479 g/mol. The molecular weight excluding hydrogens is 448 g/mol. The molecule has 0 amide bonds. The molecule has 0 aliphatic carbocycles. The number of pyridine rings is 1. The minimum atomic E-state index is -0.429. The van der Waals surface area contributed by atoms with Crippen LogP contribution in [0.15, 0.2) is 83.7 Å². The second kappa shape index (κ2) is 10.3. The highest BCUT2D eigenvalue weighted by atomic mass is 16.1. The van der Waals surface area contributed by atoms with Crippen LogP contribution in [0.4, 0.5) is 0 Å². The van der Waals surface area contributed by atoms with Crippen molar-refractivity contribution in [2.75, 3.05) is 6.54 Å². The Labute approximate surface area is 210 Å². The van der Waals surface area contributed by atoms with E-state index in [9.17, 15) is 4.79 Å². The number of fused-ring (bicyclic) bond motifs is 1. The topological polar surface area (TPSA) is 79.7 Å². The normalized spacial score (nSPS) is 12.3. The van der Waals surface area contributed by atoms with Crippen LogP contribution in [0, 0.1) is 13.8 Å². The highest BCUT2D eigenvalue weighted by Gasteiger charge is 2.30. The van der Waals surface area contributed by atoms with E-state index in [1.54, 1.807) is 4.68 Å². The predicted molar refractivity (Wildman–Crippen MR) is 142 cm³/mol. The Bertz CT molecular complexity index is 1520. The Morgan fingerprint density at radius 3 is 2.28 bits per heavy atom. The summed E-state index contributed by atoms with van der Waals surface area (Å²) in [6, 6.07) is 26.1. The number of aryl methyl sites for hydroxylation is 2. The lowest BCUT2D eigenvalue weighted by Gasteiger charge is -2.30. The van der Waals surface area contributed by atoms with Gasteiger partial charge in [-0.05, 0) is 59.1 Å². The third-order valence-electron chi connectivity index (χ3n) is 6.75. The summed E-state index contributed by atoms with van der Waals surface area (Å²) in [5, 5.41) is 13.9. The summed E-state index contributed by atoms with van der Waals surface area (Å²) in [7, 11) is 0. The number of aromatic amines is 1. The van der Waals surface area contributed by atoms with Gasteiger partial charge in [-0.15, -0.1) is 5.10 Å². The number of nitrogens with one attached hydrogen (secondary N) is 1. The number of nitrogens with zero attached hydrogens (tertiary/aromatic N) is 5. The van der Waals surface area contributed by atoms with Crippen molar-refractivity contribution in [2.24, 2.45) is 0 Å². The van der Waals surface area contributed by atoms with E-state index >= 15 is 0 Å². The van der Waals surface area contributed by atoms with Crippen LogP contribution < -0.4 is 5.56 Å². The highest BCUT2D eigenvalue weighted by Crippen LogP contribution is 2.30. The van der Waals surface area contributed by atoms with Crippen molar-refractivity contribution in [3.05, 3.63) is 123 Å². The quantitative estimate of drug-likeness (QED) is 0.347. The molecule has 36 heavy (non-hydrogen) atoms. The van der Waals surface area contributed by atoms with Crippen LogP contribution in [0.25, 0.3) is 10.9 Å². The van der Waals surface area contributed by atoms with Crippen LogP contribution in [-0.4, -0.2) is 36.6 Å². The Hall–Kier alpha value is -4.10. The molecule has 2 heterocycles. The van der Waals surface area contributed by atoms with Crippen LogP contribution in [0.3, 0.4) is 0 Å². The molecule has 1 N–H and O–H groups in total. The Morgan fingerprint density at radius 1 is 0.917 bits per heavy atom. The highest BCUT2D eigenvalue weighted by molar-refractivity contribution is 5.85. The van der Waals surface area contributed by atoms with Gasteiger partial charge in [0.25, 0.3) is 5.56 Å². The molecule has 0 fully saturated rings. The summed E-state index contributed by atoms with van der Waals surface area (Å²) < 4.78 is 1.81. The standard InChI is InChI=1S/C29H30N6O/c1-4-34(18-22-11-7-5-8-12-22)27(28-31-32-33-35(28)19-23-13-9-6-10-14-23)25-17-24-20(2)15-16-21(3)26(24)30-29(25)36/h5-17,27H,4,18-19H2,1-3H3,(H,30,36)/t27-/m1/s1. The van der Waals surface area contributed by atoms with Crippen LogP contribution in [0.5, 0.6) is 0 Å². The maximum absolute atomic E-state index is 13.6. The van der Waals surface area contributed by atoms with Crippen molar-refractivity contribution in [1.29, 1.82) is 0 Å². The molecule has 0 spiro atoms. The molecule has 0 saturated heterocycles. The Morgan fingerprint density at radius 2 is 1.58 bits per heavy atom. The summed E-state index contributed by atoms with van der Waals surface area (Å²) >= 11 is 0. The van der Waals surface area contributed by atoms with Crippen molar-refractivity contribution in [2.45, 2.75) is 39.9 Å². The van der Waals surface area contributed by atoms with Crippen LogP contribution in [0.2, 0.25) is 0 Å². The fraction of sp³-hybridized carbons (Fsp3) is 0.241. The monoisotopic (exact) mass is 478 g/mol. The van der Waals surface area contributed by atoms with Gasteiger partial charge in [-0.3, -0.25) is 9.69 Å².